The van der Waals surface area contributed by atoms with Crippen molar-refractivity contribution in [2.24, 2.45) is 0 Å². The fourth-order valence-corrected chi connectivity index (χ4v) is 2.70. The van der Waals surface area contributed by atoms with Crippen LogP contribution in [0.1, 0.15) is 45.4 Å². The topological polar surface area (TPSA) is 66.8 Å². The van der Waals surface area contributed by atoms with E-state index >= 15 is 0 Å². The minimum atomic E-state index is -1.04. The number of hydrogen-bond donors (Lipinski definition) is 1. The number of hydrogen-bond acceptors (Lipinski definition) is 3. The highest BCUT2D eigenvalue weighted by atomic mass is 16.5. The maximum absolute atomic E-state index is 12.3. The van der Waals surface area contributed by atoms with Gasteiger partial charge in [0.05, 0.1) is 0 Å². The molecule has 0 aromatic heterocycles. The molecule has 1 fully saturated rings. The number of nitrogens with zero attached hydrogens (tertiary/aromatic N) is 1. The van der Waals surface area contributed by atoms with Crippen molar-refractivity contribution in [3.63, 3.8) is 0 Å². The molecule has 5 heteroatoms. The molecule has 0 radical (unpaired) electrons. The fourth-order valence-electron chi connectivity index (χ4n) is 2.70. The molecular weight excluding hydrogens is 234 g/mol. The van der Waals surface area contributed by atoms with E-state index in [4.69, 9.17) is 4.74 Å². The number of methoxy groups -OCH3 is 1. The Morgan fingerprint density at radius 3 is 2.28 bits per heavy atom. The first-order valence-corrected chi connectivity index (χ1v) is 6.53. The largest absolute Gasteiger partial charge is 0.479 e. The molecule has 0 heterocycles. The summed E-state index contributed by atoms with van der Waals surface area (Å²) in [5, 5.41) is 9.50. The van der Waals surface area contributed by atoms with Gasteiger partial charge in [-0.25, -0.2) is 4.79 Å². The van der Waals surface area contributed by atoms with Crippen LogP contribution in [-0.2, 0) is 14.3 Å². The molecule has 1 aliphatic carbocycles. The van der Waals surface area contributed by atoms with Gasteiger partial charge < -0.3 is 14.7 Å². The zero-order chi connectivity index (χ0) is 13.8. The lowest BCUT2D eigenvalue weighted by molar-refractivity contribution is -0.164. The molecule has 5 nitrogen and oxygen atoms in total. The molecule has 18 heavy (non-hydrogen) atoms. The van der Waals surface area contributed by atoms with Crippen molar-refractivity contribution in [3.8, 4) is 0 Å². The molecule has 0 aromatic rings. The van der Waals surface area contributed by atoms with Gasteiger partial charge in [-0.2, -0.15) is 0 Å². The average molecular weight is 257 g/mol. The van der Waals surface area contributed by atoms with Crippen LogP contribution < -0.4 is 0 Å². The van der Waals surface area contributed by atoms with Crippen molar-refractivity contribution in [2.45, 2.75) is 57.1 Å². The molecule has 0 bridgehead atoms. The molecule has 0 spiro atoms. The summed E-state index contributed by atoms with van der Waals surface area (Å²) in [4.78, 5) is 25.2. The van der Waals surface area contributed by atoms with Crippen LogP contribution in [0.5, 0.6) is 0 Å². The van der Waals surface area contributed by atoms with Crippen molar-refractivity contribution in [2.75, 3.05) is 14.2 Å². The Balaban J connectivity index is 2.92. The van der Waals surface area contributed by atoms with Crippen molar-refractivity contribution < 1.29 is 19.4 Å². The van der Waals surface area contributed by atoms with E-state index in [0.717, 1.165) is 19.3 Å². The highest BCUT2D eigenvalue weighted by Gasteiger charge is 2.46. The predicted octanol–water partition coefficient (Wildman–Crippen LogP) is 1.66. The van der Waals surface area contributed by atoms with Crippen molar-refractivity contribution >= 4 is 11.9 Å². The van der Waals surface area contributed by atoms with Crippen LogP contribution >= 0.6 is 0 Å². The normalized spacial score (nSPS) is 20.2. The molecule has 1 unspecified atom stereocenters. The molecule has 104 valence electrons. The smallest absolute Gasteiger partial charge is 0.329 e. The molecule has 0 aliphatic heterocycles. The van der Waals surface area contributed by atoms with Gasteiger partial charge in [-0.05, 0) is 19.3 Å². The molecule has 1 amide bonds. The monoisotopic (exact) mass is 257 g/mol. The second-order valence-corrected chi connectivity index (χ2v) is 4.93. The van der Waals surface area contributed by atoms with Crippen LogP contribution in [0.2, 0.25) is 0 Å². The van der Waals surface area contributed by atoms with Gasteiger partial charge >= 0.3 is 5.97 Å². The quantitative estimate of drug-likeness (QED) is 0.813. The van der Waals surface area contributed by atoms with Crippen molar-refractivity contribution in [1.29, 1.82) is 0 Å². The van der Waals surface area contributed by atoms with Crippen molar-refractivity contribution in [1.82, 2.24) is 4.90 Å². The second kappa shape index (κ2) is 6.18. The van der Waals surface area contributed by atoms with Gasteiger partial charge in [0.1, 0.15) is 11.6 Å². The van der Waals surface area contributed by atoms with E-state index in [0.29, 0.717) is 19.3 Å². The maximum atomic E-state index is 12.3. The number of ether oxygens (including phenoxy) is 1. The van der Waals surface area contributed by atoms with Crippen molar-refractivity contribution in [3.05, 3.63) is 0 Å². The molecule has 1 saturated carbocycles. The Morgan fingerprint density at radius 1 is 1.33 bits per heavy atom. The molecule has 1 aliphatic rings. The summed E-state index contributed by atoms with van der Waals surface area (Å²) < 4.78 is 5.11. The van der Waals surface area contributed by atoms with Gasteiger partial charge in [-0.15, -0.1) is 0 Å². The third kappa shape index (κ3) is 2.66. The summed E-state index contributed by atoms with van der Waals surface area (Å²) in [6.07, 6.45) is 3.82. The molecule has 1 rings (SSSR count). The summed E-state index contributed by atoms with van der Waals surface area (Å²) in [5.41, 5.74) is -1.04. The molecule has 1 N–H and O–H groups in total. The Kier molecular flexibility index (Phi) is 5.14. The molecule has 0 saturated heterocycles. The highest BCUT2D eigenvalue weighted by Crippen LogP contribution is 2.34. The number of carboxylic acid groups (broad SMARTS) is 1. The van der Waals surface area contributed by atoms with Gasteiger partial charge in [0.15, 0.2) is 0 Å². The minimum Gasteiger partial charge on any atom is -0.479 e. The average Bonchev–Trinajstić information content (AvgIpc) is 2.39. The molecule has 0 aromatic carbocycles. The Labute approximate surface area is 108 Å². The third-order valence-corrected chi connectivity index (χ3v) is 3.98. The van der Waals surface area contributed by atoms with Crippen LogP contribution in [0, 0.1) is 0 Å². The molecule has 1 atom stereocenters. The van der Waals surface area contributed by atoms with Gasteiger partial charge in [-0.3, -0.25) is 4.79 Å². The summed E-state index contributed by atoms with van der Waals surface area (Å²) in [6.45, 7) is 1.86. The lowest BCUT2D eigenvalue weighted by Gasteiger charge is -2.42. The summed E-state index contributed by atoms with van der Waals surface area (Å²) >= 11 is 0. The zero-order valence-electron chi connectivity index (χ0n) is 11.4. The van der Waals surface area contributed by atoms with E-state index in [9.17, 15) is 14.7 Å². The van der Waals surface area contributed by atoms with Gasteiger partial charge in [-0.1, -0.05) is 26.2 Å². The number of amides is 1. The van der Waals surface area contributed by atoms with Crippen LogP contribution in [0.3, 0.4) is 0 Å². The summed E-state index contributed by atoms with van der Waals surface area (Å²) in [5.74, 6) is -1.13. The minimum absolute atomic E-state index is 0.232. The van der Waals surface area contributed by atoms with E-state index in [1.807, 2.05) is 6.92 Å². The predicted molar refractivity (Wildman–Crippen MR) is 67.3 cm³/mol. The number of carboxylic acids is 1. The second-order valence-electron chi connectivity index (χ2n) is 4.93. The first kappa shape index (κ1) is 15.0. The summed E-state index contributed by atoms with van der Waals surface area (Å²) in [6, 6.07) is 0. The first-order chi connectivity index (χ1) is 8.49. The zero-order valence-corrected chi connectivity index (χ0v) is 11.4. The van der Waals surface area contributed by atoms with E-state index in [2.05, 4.69) is 0 Å². The Morgan fingerprint density at radius 2 is 1.89 bits per heavy atom. The van der Waals surface area contributed by atoms with Crippen LogP contribution in [0.15, 0.2) is 0 Å². The standard InChI is InChI=1S/C13H23NO4/c1-4-10(18-3)11(15)14(2)13(12(16)17)8-6-5-7-9-13/h10H,4-9H2,1-3H3,(H,16,17). The van der Waals surface area contributed by atoms with E-state index in [1.54, 1.807) is 7.05 Å². The fraction of sp³-hybridized carbons (Fsp3) is 0.846. The van der Waals surface area contributed by atoms with Crippen LogP contribution in [-0.4, -0.2) is 47.7 Å². The highest BCUT2D eigenvalue weighted by molar-refractivity contribution is 5.89. The lowest BCUT2D eigenvalue weighted by atomic mass is 9.80. The van der Waals surface area contributed by atoms with E-state index < -0.39 is 17.6 Å². The third-order valence-electron chi connectivity index (χ3n) is 3.98. The summed E-state index contributed by atoms with van der Waals surface area (Å²) in [7, 11) is 3.07. The number of likely N-dealkylation sites (N-methyl/N-ethyl adjacent to an activating group) is 1. The number of carbonyl (C=O) groups is 2. The van der Waals surface area contributed by atoms with Gasteiger partial charge in [0, 0.05) is 14.2 Å². The maximum Gasteiger partial charge on any atom is 0.329 e. The van der Waals surface area contributed by atoms with Gasteiger partial charge in [0.25, 0.3) is 5.91 Å². The van der Waals surface area contributed by atoms with Crippen LogP contribution in [0.25, 0.3) is 0 Å². The number of carbonyl (C=O) groups excluding carboxylic acids is 1. The Bertz CT molecular complexity index is 306. The SMILES string of the molecule is CCC(OC)C(=O)N(C)C1(C(=O)O)CCCCC1. The van der Waals surface area contributed by atoms with Gasteiger partial charge in [0.2, 0.25) is 0 Å². The molecular formula is C13H23NO4. The first-order valence-electron chi connectivity index (χ1n) is 6.53. The van der Waals surface area contributed by atoms with E-state index in [1.165, 1.54) is 12.0 Å². The lowest BCUT2D eigenvalue weighted by Crippen LogP contribution is -2.58. The van der Waals surface area contributed by atoms with E-state index in [-0.39, 0.29) is 5.91 Å². The number of aliphatic carboxylic acids is 1. The van der Waals surface area contributed by atoms with Crippen LogP contribution in [0.4, 0.5) is 0 Å². The number of rotatable bonds is 5. The Hall–Kier alpha value is -1.10.